The number of carbonyl (C=O) groups excluding carboxylic acids is 1. The summed E-state index contributed by atoms with van der Waals surface area (Å²) in [5.74, 6) is 5.46. The van der Waals surface area contributed by atoms with E-state index in [1.807, 2.05) is 0 Å². The van der Waals surface area contributed by atoms with Crippen LogP contribution in [-0.4, -0.2) is 47.6 Å². The molecule has 0 spiro atoms. The van der Waals surface area contributed by atoms with E-state index in [0.29, 0.717) is 17.8 Å². The zero-order chi connectivity index (χ0) is 14.8. The fourth-order valence-corrected chi connectivity index (χ4v) is 1.74. The summed E-state index contributed by atoms with van der Waals surface area (Å²) in [7, 11) is 1.75. The Morgan fingerprint density at radius 3 is 2.95 bits per heavy atom. The van der Waals surface area contributed by atoms with Crippen molar-refractivity contribution in [3.8, 4) is 11.8 Å². The fraction of sp³-hybridized carbons (Fsp3) is 0.467. The number of nitrogens with zero attached hydrogens (tertiary/aromatic N) is 2. The third kappa shape index (κ3) is 5.00. The Morgan fingerprint density at radius 2 is 2.25 bits per heavy atom. The first-order valence-corrected chi connectivity index (χ1v) is 6.71. The van der Waals surface area contributed by atoms with Crippen LogP contribution in [-0.2, 0) is 0 Å². The Kier molecular flexibility index (Phi) is 7.33. The molecule has 0 fully saturated rings. The Hall–Kier alpha value is -1.90. The quantitative estimate of drug-likeness (QED) is 0.589. The second-order valence-corrected chi connectivity index (χ2v) is 4.42. The highest BCUT2D eigenvalue weighted by molar-refractivity contribution is 5.94. The topological polar surface area (TPSA) is 79.5 Å². The molecule has 0 aliphatic rings. The third-order valence-corrected chi connectivity index (χ3v) is 2.83. The summed E-state index contributed by atoms with van der Waals surface area (Å²) in [5.41, 5.74) is 6.31. The van der Waals surface area contributed by atoms with Gasteiger partial charge < -0.3 is 15.7 Å². The van der Waals surface area contributed by atoms with Gasteiger partial charge in [-0.3, -0.25) is 4.79 Å². The minimum atomic E-state index is -0.143. The normalized spacial score (nSPS) is 9.75. The van der Waals surface area contributed by atoms with E-state index >= 15 is 0 Å². The largest absolute Gasteiger partial charge is 0.396 e. The van der Waals surface area contributed by atoms with E-state index in [0.717, 1.165) is 19.3 Å². The fourth-order valence-electron chi connectivity index (χ4n) is 1.74. The average Bonchev–Trinajstić information content (AvgIpc) is 2.49. The van der Waals surface area contributed by atoms with Crippen LogP contribution in [0, 0.1) is 11.8 Å². The van der Waals surface area contributed by atoms with Crippen molar-refractivity contribution in [2.75, 3.05) is 26.7 Å². The van der Waals surface area contributed by atoms with Gasteiger partial charge in [0.15, 0.2) is 0 Å². The smallest absolute Gasteiger partial charge is 0.273 e. The molecule has 0 saturated carbocycles. The van der Waals surface area contributed by atoms with Gasteiger partial charge in [0, 0.05) is 26.4 Å². The van der Waals surface area contributed by atoms with Gasteiger partial charge in [-0.1, -0.05) is 11.8 Å². The van der Waals surface area contributed by atoms with E-state index in [9.17, 15) is 4.79 Å². The minimum Gasteiger partial charge on any atom is -0.396 e. The molecule has 3 N–H and O–H groups in total. The molecule has 0 aromatic carbocycles. The second-order valence-electron chi connectivity index (χ2n) is 4.42. The number of hydrogen-bond acceptors (Lipinski definition) is 4. The number of aliphatic hydroxyl groups excluding tert-OH is 1. The highest BCUT2D eigenvalue weighted by atomic mass is 16.2. The summed E-state index contributed by atoms with van der Waals surface area (Å²) in [6.07, 6.45) is 4.11. The summed E-state index contributed by atoms with van der Waals surface area (Å²) >= 11 is 0. The molecule has 1 amide bonds. The molecule has 1 rings (SSSR count). The molecule has 108 valence electrons. The highest BCUT2D eigenvalue weighted by Crippen LogP contribution is 2.08. The molecule has 0 saturated heterocycles. The van der Waals surface area contributed by atoms with Crippen molar-refractivity contribution in [1.82, 2.24) is 9.88 Å². The van der Waals surface area contributed by atoms with Crippen LogP contribution in [0.2, 0.25) is 0 Å². The van der Waals surface area contributed by atoms with Crippen LogP contribution in [0.1, 0.15) is 35.3 Å². The van der Waals surface area contributed by atoms with Crippen molar-refractivity contribution in [1.29, 1.82) is 0 Å². The van der Waals surface area contributed by atoms with E-state index in [2.05, 4.69) is 16.8 Å². The zero-order valence-electron chi connectivity index (χ0n) is 11.8. The molecule has 0 radical (unpaired) electrons. The number of carbonyl (C=O) groups is 1. The summed E-state index contributed by atoms with van der Waals surface area (Å²) in [4.78, 5) is 18.1. The minimum absolute atomic E-state index is 0.143. The Morgan fingerprint density at radius 1 is 1.45 bits per heavy atom. The molecular formula is C15H21N3O2. The van der Waals surface area contributed by atoms with E-state index in [1.54, 1.807) is 30.3 Å². The van der Waals surface area contributed by atoms with Gasteiger partial charge in [0.05, 0.1) is 12.1 Å². The summed E-state index contributed by atoms with van der Waals surface area (Å²) in [5, 5.41) is 8.72. The number of unbranched alkanes of at least 4 members (excludes halogenated alkanes) is 2. The molecule has 0 aliphatic carbocycles. The van der Waals surface area contributed by atoms with Gasteiger partial charge in [-0.15, -0.1) is 0 Å². The highest BCUT2D eigenvalue weighted by Gasteiger charge is 2.15. The number of hydrogen-bond donors (Lipinski definition) is 2. The summed E-state index contributed by atoms with van der Waals surface area (Å²) in [6.45, 7) is 1.08. The van der Waals surface area contributed by atoms with Gasteiger partial charge in [-0.2, -0.15) is 0 Å². The third-order valence-electron chi connectivity index (χ3n) is 2.83. The van der Waals surface area contributed by atoms with Crippen LogP contribution in [0.15, 0.2) is 18.3 Å². The van der Waals surface area contributed by atoms with Crippen molar-refractivity contribution in [3.63, 3.8) is 0 Å². The molecular weight excluding hydrogens is 254 g/mol. The van der Waals surface area contributed by atoms with Crippen molar-refractivity contribution < 1.29 is 9.90 Å². The molecule has 0 atom stereocenters. The SMILES string of the molecule is CN(CCCCCO)C(=O)c1ncccc1C#CCN. The lowest BCUT2D eigenvalue weighted by Gasteiger charge is -2.17. The van der Waals surface area contributed by atoms with E-state index < -0.39 is 0 Å². The number of amides is 1. The lowest BCUT2D eigenvalue weighted by molar-refractivity contribution is 0.0786. The first-order valence-electron chi connectivity index (χ1n) is 6.71. The molecule has 0 aliphatic heterocycles. The predicted octanol–water partition coefficient (Wildman–Crippen LogP) is 0.626. The molecule has 1 aromatic heterocycles. The van der Waals surface area contributed by atoms with Gasteiger partial charge >= 0.3 is 0 Å². The van der Waals surface area contributed by atoms with Crippen LogP contribution >= 0.6 is 0 Å². The monoisotopic (exact) mass is 275 g/mol. The summed E-state index contributed by atoms with van der Waals surface area (Å²) < 4.78 is 0. The molecule has 1 aromatic rings. The van der Waals surface area contributed by atoms with E-state index in [-0.39, 0.29) is 19.1 Å². The molecule has 5 nitrogen and oxygen atoms in total. The van der Waals surface area contributed by atoms with Crippen LogP contribution in [0.3, 0.4) is 0 Å². The zero-order valence-corrected chi connectivity index (χ0v) is 11.8. The predicted molar refractivity (Wildman–Crippen MR) is 78.1 cm³/mol. The van der Waals surface area contributed by atoms with Crippen molar-refractivity contribution in [3.05, 3.63) is 29.6 Å². The maximum Gasteiger partial charge on any atom is 0.273 e. The Balaban J connectivity index is 2.71. The van der Waals surface area contributed by atoms with Crippen LogP contribution < -0.4 is 5.73 Å². The number of aromatic nitrogens is 1. The standard InChI is InChI=1S/C15H21N3O2/c1-18(11-3-2-4-12-19)15(20)14-13(7-5-9-16)8-6-10-17-14/h6,8,10,19H,2-4,9,11-12,16H2,1H3. The molecule has 0 bridgehead atoms. The van der Waals surface area contributed by atoms with Gasteiger partial charge in [0.2, 0.25) is 0 Å². The van der Waals surface area contributed by atoms with Crippen LogP contribution in [0.5, 0.6) is 0 Å². The average molecular weight is 275 g/mol. The number of aliphatic hydroxyl groups is 1. The number of pyridine rings is 1. The molecule has 1 heterocycles. The molecule has 0 unspecified atom stereocenters. The van der Waals surface area contributed by atoms with Crippen molar-refractivity contribution in [2.24, 2.45) is 5.73 Å². The van der Waals surface area contributed by atoms with Crippen molar-refractivity contribution >= 4 is 5.91 Å². The maximum atomic E-state index is 12.3. The second kappa shape index (κ2) is 9.08. The molecule has 5 heteroatoms. The van der Waals surface area contributed by atoms with Gasteiger partial charge in [0.1, 0.15) is 5.69 Å². The Bertz CT molecular complexity index is 491. The number of rotatable bonds is 6. The number of nitrogens with two attached hydrogens (primary N) is 1. The lowest BCUT2D eigenvalue weighted by Crippen LogP contribution is -2.29. The lowest BCUT2D eigenvalue weighted by atomic mass is 10.1. The first kappa shape index (κ1) is 16.2. The van der Waals surface area contributed by atoms with E-state index in [1.165, 1.54) is 0 Å². The van der Waals surface area contributed by atoms with Crippen LogP contribution in [0.4, 0.5) is 0 Å². The van der Waals surface area contributed by atoms with Gasteiger partial charge in [-0.25, -0.2) is 4.98 Å². The Labute approximate surface area is 119 Å². The van der Waals surface area contributed by atoms with Crippen molar-refractivity contribution in [2.45, 2.75) is 19.3 Å². The van der Waals surface area contributed by atoms with Crippen LogP contribution in [0.25, 0.3) is 0 Å². The van der Waals surface area contributed by atoms with Gasteiger partial charge in [-0.05, 0) is 31.4 Å². The maximum absolute atomic E-state index is 12.3. The van der Waals surface area contributed by atoms with E-state index in [4.69, 9.17) is 10.8 Å². The molecule has 20 heavy (non-hydrogen) atoms. The van der Waals surface area contributed by atoms with Gasteiger partial charge in [0.25, 0.3) is 5.91 Å². The first-order chi connectivity index (χ1) is 9.70. The summed E-state index contributed by atoms with van der Waals surface area (Å²) in [6, 6.07) is 3.51.